The normalized spacial score (nSPS) is 28.7. The lowest BCUT2D eigenvalue weighted by Crippen LogP contribution is -2.62. The maximum atomic E-state index is 12.7. The highest BCUT2D eigenvalue weighted by Crippen LogP contribution is 2.38. The molecule has 0 aromatic carbocycles. The average molecular weight is 341 g/mol. The van der Waals surface area contributed by atoms with E-state index in [9.17, 15) is 4.79 Å². The lowest BCUT2D eigenvalue weighted by Gasteiger charge is -2.51. The van der Waals surface area contributed by atoms with Gasteiger partial charge in [-0.1, -0.05) is 6.07 Å². The van der Waals surface area contributed by atoms with Gasteiger partial charge in [-0.25, -0.2) is 0 Å². The summed E-state index contributed by atoms with van der Waals surface area (Å²) < 4.78 is 0. The van der Waals surface area contributed by atoms with Crippen LogP contribution in [0.5, 0.6) is 0 Å². The molecular weight excluding hydrogens is 318 g/mol. The second-order valence-electron chi connectivity index (χ2n) is 6.93. The van der Waals surface area contributed by atoms with Gasteiger partial charge in [0.1, 0.15) is 0 Å². The fraction of sp³-hybridized carbons (Fsp3) is 0.474. The first kappa shape index (κ1) is 15.8. The van der Waals surface area contributed by atoms with E-state index >= 15 is 0 Å². The molecule has 5 heterocycles. The van der Waals surface area contributed by atoms with Crippen LogP contribution in [0, 0.1) is 18.8 Å². The maximum absolute atomic E-state index is 12.7. The van der Waals surface area contributed by atoms with Gasteiger partial charge in [-0.3, -0.25) is 14.7 Å². The first-order chi connectivity index (χ1) is 11.7. The third-order valence-electron chi connectivity index (χ3n) is 5.42. The molecule has 1 N–H and O–H groups in total. The molecule has 2 aromatic rings. The van der Waals surface area contributed by atoms with Crippen molar-refractivity contribution in [3.8, 4) is 0 Å². The number of thiophene rings is 1. The molecule has 2 atom stereocenters. The fourth-order valence-corrected chi connectivity index (χ4v) is 4.95. The van der Waals surface area contributed by atoms with Crippen molar-refractivity contribution >= 4 is 17.2 Å². The van der Waals surface area contributed by atoms with E-state index in [1.807, 2.05) is 37.5 Å². The predicted octanol–water partition coefficient (Wildman–Crippen LogP) is 3.09. The number of nitrogens with zero attached hydrogens (tertiary/aromatic N) is 2. The molecule has 3 aliphatic rings. The quantitative estimate of drug-likeness (QED) is 0.929. The van der Waals surface area contributed by atoms with Crippen LogP contribution in [-0.4, -0.2) is 35.0 Å². The van der Waals surface area contributed by atoms with Gasteiger partial charge in [-0.05, 0) is 61.8 Å². The number of fused-ring (bicyclic) bond motifs is 3. The highest BCUT2D eigenvalue weighted by atomic mass is 32.1. The molecule has 2 unspecified atom stereocenters. The molecular formula is C19H23N3OS. The number of carbonyl (C=O) groups is 1. The SMILES string of the molecule is Cc1ccc(C(=O)NC2C(Cc3cccnc3)C3CCN2CC3)s1. The number of nitrogens with one attached hydrogen (secondary N) is 1. The molecule has 4 nitrogen and oxygen atoms in total. The zero-order valence-corrected chi connectivity index (χ0v) is 14.8. The predicted molar refractivity (Wildman–Crippen MR) is 96.0 cm³/mol. The van der Waals surface area contributed by atoms with Gasteiger partial charge in [0.25, 0.3) is 5.91 Å². The van der Waals surface area contributed by atoms with Gasteiger partial charge < -0.3 is 5.32 Å². The van der Waals surface area contributed by atoms with E-state index in [0.717, 1.165) is 24.4 Å². The summed E-state index contributed by atoms with van der Waals surface area (Å²) in [5.74, 6) is 1.24. The molecule has 0 saturated carbocycles. The van der Waals surface area contributed by atoms with Crippen molar-refractivity contribution in [3.05, 3.63) is 52.0 Å². The third kappa shape index (κ3) is 3.10. The van der Waals surface area contributed by atoms with Crippen molar-refractivity contribution in [2.24, 2.45) is 11.8 Å². The second-order valence-corrected chi connectivity index (χ2v) is 8.22. The van der Waals surface area contributed by atoms with Gasteiger partial charge in [-0.15, -0.1) is 11.3 Å². The van der Waals surface area contributed by atoms with Crippen LogP contribution in [0.15, 0.2) is 36.7 Å². The molecule has 0 spiro atoms. The molecule has 126 valence electrons. The third-order valence-corrected chi connectivity index (χ3v) is 6.42. The molecule has 5 heteroatoms. The van der Waals surface area contributed by atoms with Crippen molar-refractivity contribution < 1.29 is 4.79 Å². The number of rotatable bonds is 4. The van der Waals surface area contributed by atoms with Gasteiger partial charge in [0.15, 0.2) is 0 Å². The van der Waals surface area contributed by atoms with Gasteiger partial charge in [-0.2, -0.15) is 0 Å². The van der Waals surface area contributed by atoms with Crippen molar-refractivity contribution in [3.63, 3.8) is 0 Å². The molecule has 2 bridgehead atoms. The maximum Gasteiger partial charge on any atom is 0.262 e. The van der Waals surface area contributed by atoms with Crippen LogP contribution in [0.4, 0.5) is 0 Å². The van der Waals surface area contributed by atoms with E-state index in [1.165, 1.54) is 23.3 Å². The molecule has 1 amide bonds. The number of amides is 1. The molecule has 3 aliphatic heterocycles. The monoisotopic (exact) mass is 341 g/mol. The molecule has 0 radical (unpaired) electrons. The van der Waals surface area contributed by atoms with E-state index in [4.69, 9.17) is 0 Å². The highest BCUT2D eigenvalue weighted by molar-refractivity contribution is 7.13. The molecule has 2 aromatic heterocycles. The largest absolute Gasteiger partial charge is 0.335 e. The van der Waals surface area contributed by atoms with Crippen molar-refractivity contribution in [2.45, 2.75) is 32.4 Å². The van der Waals surface area contributed by atoms with Gasteiger partial charge >= 0.3 is 0 Å². The lowest BCUT2D eigenvalue weighted by atomic mass is 9.74. The number of aromatic nitrogens is 1. The van der Waals surface area contributed by atoms with E-state index in [2.05, 4.69) is 21.3 Å². The number of piperidine rings is 3. The minimum absolute atomic E-state index is 0.0711. The van der Waals surface area contributed by atoms with Crippen LogP contribution in [0.2, 0.25) is 0 Å². The summed E-state index contributed by atoms with van der Waals surface area (Å²) in [6.07, 6.45) is 7.40. The Hall–Kier alpha value is -1.72. The molecule has 5 rings (SSSR count). The molecule has 3 saturated heterocycles. The zero-order chi connectivity index (χ0) is 16.5. The Morgan fingerprint density at radius 2 is 2.17 bits per heavy atom. The van der Waals surface area contributed by atoms with Gasteiger partial charge in [0, 0.05) is 30.4 Å². The fourth-order valence-electron chi connectivity index (χ4n) is 4.18. The zero-order valence-electron chi connectivity index (χ0n) is 13.9. The van der Waals surface area contributed by atoms with Crippen molar-refractivity contribution in [1.82, 2.24) is 15.2 Å². The van der Waals surface area contributed by atoms with Crippen LogP contribution in [0.25, 0.3) is 0 Å². The summed E-state index contributed by atoms with van der Waals surface area (Å²) in [5, 5.41) is 3.33. The Labute approximate surface area is 146 Å². The summed E-state index contributed by atoms with van der Waals surface area (Å²) in [4.78, 5) is 21.4. The molecule has 0 aliphatic carbocycles. The number of hydrogen-bond donors (Lipinski definition) is 1. The van der Waals surface area contributed by atoms with Gasteiger partial charge in [0.2, 0.25) is 0 Å². The summed E-state index contributed by atoms with van der Waals surface area (Å²) in [6.45, 7) is 4.24. The summed E-state index contributed by atoms with van der Waals surface area (Å²) in [7, 11) is 0. The lowest BCUT2D eigenvalue weighted by molar-refractivity contribution is -0.0233. The molecule has 3 fully saturated rings. The number of hydrogen-bond acceptors (Lipinski definition) is 4. The Bertz CT molecular complexity index is 706. The van der Waals surface area contributed by atoms with Crippen LogP contribution in [0.1, 0.15) is 33.0 Å². The van der Waals surface area contributed by atoms with Gasteiger partial charge in [0.05, 0.1) is 11.0 Å². The number of pyridine rings is 1. The van der Waals surface area contributed by atoms with E-state index in [0.29, 0.717) is 11.8 Å². The Balaban J connectivity index is 1.53. The number of aryl methyl sites for hydroxylation is 1. The van der Waals surface area contributed by atoms with Crippen molar-refractivity contribution in [2.75, 3.05) is 13.1 Å². The smallest absolute Gasteiger partial charge is 0.262 e. The first-order valence-electron chi connectivity index (χ1n) is 8.71. The van der Waals surface area contributed by atoms with Crippen LogP contribution >= 0.6 is 11.3 Å². The standard InChI is InChI=1S/C19H23N3OS/c1-13-4-5-17(24-13)19(23)21-18-16(11-14-3-2-8-20-12-14)15-6-9-22(18)10-7-15/h2-5,8,12,15-16,18H,6-7,9-11H2,1H3,(H,21,23). The van der Waals surface area contributed by atoms with Crippen molar-refractivity contribution in [1.29, 1.82) is 0 Å². The second kappa shape index (κ2) is 6.65. The average Bonchev–Trinajstić information content (AvgIpc) is 3.05. The highest BCUT2D eigenvalue weighted by Gasteiger charge is 2.42. The van der Waals surface area contributed by atoms with Crippen LogP contribution in [-0.2, 0) is 6.42 Å². The first-order valence-corrected chi connectivity index (χ1v) is 9.52. The topological polar surface area (TPSA) is 45.2 Å². The minimum Gasteiger partial charge on any atom is -0.335 e. The van der Waals surface area contributed by atoms with Crippen LogP contribution in [0.3, 0.4) is 0 Å². The number of carbonyl (C=O) groups excluding carboxylic acids is 1. The Morgan fingerprint density at radius 3 is 2.83 bits per heavy atom. The summed E-state index contributed by atoms with van der Waals surface area (Å²) >= 11 is 1.57. The van der Waals surface area contributed by atoms with E-state index in [1.54, 1.807) is 11.3 Å². The Morgan fingerprint density at radius 1 is 1.33 bits per heavy atom. The Kier molecular flexibility index (Phi) is 4.37. The minimum atomic E-state index is 0.0711. The van der Waals surface area contributed by atoms with Crippen LogP contribution < -0.4 is 5.32 Å². The van der Waals surface area contributed by atoms with E-state index in [-0.39, 0.29) is 12.1 Å². The summed E-state index contributed by atoms with van der Waals surface area (Å²) in [6, 6.07) is 8.09. The van der Waals surface area contributed by atoms with E-state index < -0.39 is 0 Å². The summed E-state index contributed by atoms with van der Waals surface area (Å²) in [5.41, 5.74) is 1.27. The molecule has 24 heavy (non-hydrogen) atoms.